The summed E-state index contributed by atoms with van der Waals surface area (Å²) in [4.78, 5) is -0.431. The van der Waals surface area contributed by atoms with Crippen LogP contribution in [0.25, 0.3) is 0 Å². The molecule has 0 bridgehead atoms. The predicted molar refractivity (Wildman–Crippen MR) is 49.5 cm³/mol. The molecule has 0 saturated heterocycles. The maximum Gasteiger partial charge on any atom is 0.296 e. The van der Waals surface area contributed by atoms with Crippen LogP contribution in [0.3, 0.4) is 0 Å². The quantitative estimate of drug-likeness (QED) is 0.365. The van der Waals surface area contributed by atoms with Crippen molar-refractivity contribution in [1.82, 2.24) is 0 Å². The van der Waals surface area contributed by atoms with Crippen molar-refractivity contribution in [1.29, 1.82) is 0 Å². The first kappa shape index (κ1) is 9.62. The lowest BCUT2D eigenvalue weighted by Crippen LogP contribution is -2.06. The molecule has 1 aromatic rings. The molecule has 0 aliphatic rings. The fourth-order valence-corrected chi connectivity index (χ4v) is 1.49. The molecule has 0 heterocycles. The molecule has 0 aliphatic carbocycles. The zero-order chi connectivity index (χ0) is 10.2. The van der Waals surface area contributed by atoms with Crippen molar-refractivity contribution in [2.75, 3.05) is 17.2 Å². The molecule has 7 N–H and O–H groups in total. The third kappa shape index (κ3) is 1.82. The van der Waals surface area contributed by atoms with E-state index in [1.807, 2.05) is 0 Å². The summed E-state index contributed by atoms with van der Waals surface area (Å²) in [5.41, 5.74) is 16.1. The summed E-state index contributed by atoms with van der Waals surface area (Å²) in [6, 6.07) is 2.19. The van der Waals surface area contributed by atoms with E-state index in [1.165, 1.54) is 6.07 Å². The number of rotatable bonds is 1. The molecular formula is C6H9N3O3S. The molecular weight excluding hydrogens is 194 g/mol. The minimum absolute atomic E-state index is 0.0572. The minimum Gasteiger partial charge on any atom is -0.398 e. The van der Waals surface area contributed by atoms with Crippen molar-refractivity contribution in [3.63, 3.8) is 0 Å². The zero-order valence-corrected chi connectivity index (χ0v) is 7.38. The third-order valence-electron chi connectivity index (χ3n) is 1.49. The Hall–Kier alpha value is -1.47. The van der Waals surface area contributed by atoms with Gasteiger partial charge in [-0.3, -0.25) is 4.55 Å². The van der Waals surface area contributed by atoms with Gasteiger partial charge in [0.15, 0.2) is 0 Å². The molecule has 13 heavy (non-hydrogen) atoms. The van der Waals surface area contributed by atoms with Crippen molar-refractivity contribution in [3.8, 4) is 0 Å². The SMILES string of the molecule is Nc1cc(N)c(S(=O)(=O)O)cc1N. The van der Waals surface area contributed by atoms with E-state index < -0.39 is 15.0 Å². The summed E-state index contributed by atoms with van der Waals surface area (Å²) < 4.78 is 30.1. The van der Waals surface area contributed by atoms with E-state index in [2.05, 4.69) is 0 Å². The van der Waals surface area contributed by atoms with Crippen LogP contribution in [0, 0.1) is 0 Å². The Morgan fingerprint density at radius 2 is 1.46 bits per heavy atom. The molecule has 0 unspecified atom stereocenters. The van der Waals surface area contributed by atoms with Gasteiger partial charge in [-0.15, -0.1) is 0 Å². The molecule has 0 atom stereocenters. The summed E-state index contributed by atoms with van der Waals surface area (Å²) >= 11 is 0. The zero-order valence-electron chi connectivity index (χ0n) is 6.56. The highest BCUT2D eigenvalue weighted by Crippen LogP contribution is 2.26. The van der Waals surface area contributed by atoms with Crippen LogP contribution in [0.5, 0.6) is 0 Å². The van der Waals surface area contributed by atoms with E-state index >= 15 is 0 Å². The Morgan fingerprint density at radius 1 is 1.00 bits per heavy atom. The van der Waals surface area contributed by atoms with Gasteiger partial charge in [0.2, 0.25) is 0 Å². The van der Waals surface area contributed by atoms with Crippen LogP contribution in [0.4, 0.5) is 17.1 Å². The van der Waals surface area contributed by atoms with Crippen LogP contribution in [-0.4, -0.2) is 13.0 Å². The largest absolute Gasteiger partial charge is 0.398 e. The highest BCUT2D eigenvalue weighted by atomic mass is 32.2. The average molecular weight is 203 g/mol. The summed E-state index contributed by atoms with van der Waals surface area (Å²) in [7, 11) is -4.33. The fourth-order valence-electron chi connectivity index (χ4n) is 0.853. The van der Waals surface area contributed by atoms with Crippen molar-refractivity contribution >= 4 is 27.2 Å². The topological polar surface area (TPSA) is 132 Å². The van der Waals surface area contributed by atoms with E-state index in [1.54, 1.807) is 0 Å². The van der Waals surface area contributed by atoms with Gasteiger partial charge in [0.05, 0.1) is 17.1 Å². The first-order valence-corrected chi connectivity index (χ1v) is 4.68. The Morgan fingerprint density at radius 3 is 1.92 bits per heavy atom. The molecule has 7 heteroatoms. The molecule has 0 aliphatic heterocycles. The lowest BCUT2D eigenvalue weighted by atomic mass is 10.2. The van der Waals surface area contributed by atoms with Gasteiger partial charge in [-0.25, -0.2) is 0 Å². The van der Waals surface area contributed by atoms with Crippen molar-refractivity contribution in [2.45, 2.75) is 4.90 Å². The number of nitrogens with two attached hydrogens (primary N) is 3. The highest BCUT2D eigenvalue weighted by Gasteiger charge is 2.15. The maximum absolute atomic E-state index is 10.7. The maximum atomic E-state index is 10.7. The van der Waals surface area contributed by atoms with Crippen LogP contribution in [0.1, 0.15) is 0 Å². The molecule has 1 rings (SSSR count). The van der Waals surface area contributed by atoms with Crippen LogP contribution in [0.2, 0.25) is 0 Å². The number of hydrogen-bond donors (Lipinski definition) is 4. The lowest BCUT2D eigenvalue weighted by Gasteiger charge is -2.05. The summed E-state index contributed by atoms with van der Waals surface area (Å²) in [5, 5.41) is 0. The monoisotopic (exact) mass is 203 g/mol. The molecule has 0 radical (unpaired) electrons. The van der Waals surface area contributed by atoms with Gasteiger partial charge < -0.3 is 17.2 Å². The van der Waals surface area contributed by atoms with Crippen LogP contribution < -0.4 is 17.2 Å². The van der Waals surface area contributed by atoms with Crippen LogP contribution in [0.15, 0.2) is 17.0 Å². The van der Waals surface area contributed by atoms with Gasteiger partial charge in [-0.2, -0.15) is 8.42 Å². The number of nitrogen functional groups attached to an aromatic ring is 3. The van der Waals surface area contributed by atoms with E-state index in [0.29, 0.717) is 0 Å². The van der Waals surface area contributed by atoms with E-state index in [9.17, 15) is 8.42 Å². The lowest BCUT2D eigenvalue weighted by molar-refractivity contribution is 0.483. The Kier molecular flexibility index (Phi) is 2.06. The normalized spacial score (nSPS) is 11.5. The van der Waals surface area contributed by atoms with E-state index in [0.717, 1.165) is 6.07 Å². The van der Waals surface area contributed by atoms with E-state index in [4.69, 9.17) is 21.8 Å². The molecule has 1 aromatic carbocycles. The number of hydrogen-bond acceptors (Lipinski definition) is 5. The van der Waals surface area contributed by atoms with Crippen molar-refractivity contribution in [3.05, 3.63) is 12.1 Å². The minimum atomic E-state index is -4.33. The van der Waals surface area contributed by atoms with Crippen molar-refractivity contribution in [2.24, 2.45) is 0 Å². The summed E-state index contributed by atoms with van der Waals surface area (Å²) in [6.07, 6.45) is 0. The molecule has 0 spiro atoms. The second kappa shape index (κ2) is 2.79. The second-order valence-electron chi connectivity index (χ2n) is 2.49. The number of benzene rings is 1. The van der Waals surface area contributed by atoms with Gasteiger partial charge in [-0.1, -0.05) is 0 Å². The van der Waals surface area contributed by atoms with Gasteiger partial charge >= 0.3 is 0 Å². The van der Waals surface area contributed by atoms with Gasteiger partial charge in [0.1, 0.15) is 4.90 Å². The molecule has 0 aromatic heterocycles. The molecule has 0 amide bonds. The van der Waals surface area contributed by atoms with Crippen molar-refractivity contribution < 1.29 is 13.0 Å². The van der Waals surface area contributed by atoms with Gasteiger partial charge in [0, 0.05) is 0 Å². The Labute approximate surface area is 75.1 Å². The fraction of sp³-hybridized carbons (Fsp3) is 0. The number of anilines is 3. The van der Waals surface area contributed by atoms with Crippen LogP contribution >= 0.6 is 0 Å². The molecule has 0 saturated carbocycles. The Bertz CT molecular complexity index is 441. The standard InChI is InChI=1S/C6H9N3O3S/c7-3-1-5(9)6(2-4(3)8)13(10,11)12/h1-2H,7-9H2,(H,10,11,12). The Balaban J connectivity index is 3.50. The summed E-state index contributed by atoms with van der Waals surface area (Å²) in [6.45, 7) is 0. The first-order chi connectivity index (χ1) is 5.82. The average Bonchev–Trinajstić information content (AvgIpc) is 1.94. The highest BCUT2D eigenvalue weighted by molar-refractivity contribution is 7.86. The van der Waals surface area contributed by atoms with Gasteiger partial charge in [-0.05, 0) is 12.1 Å². The second-order valence-corrected chi connectivity index (χ2v) is 3.88. The summed E-state index contributed by atoms with van der Waals surface area (Å²) in [5.74, 6) is 0. The molecule has 0 fully saturated rings. The van der Waals surface area contributed by atoms with Crippen LogP contribution in [-0.2, 0) is 10.1 Å². The third-order valence-corrected chi connectivity index (χ3v) is 2.40. The molecule has 6 nitrogen and oxygen atoms in total. The molecule has 72 valence electrons. The van der Waals surface area contributed by atoms with Gasteiger partial charge in [0.25, 0.3) is 10.1 Å². The predicted octanol–water partition coefficient (Wildman–Crippen LogP) is -0.320. The van der Waals surface area contributed by atoms with E-state index in [-0.39, 0.29) is 17.1 Å². The first-order valence-electron chi connectivity index (χ1n) is 3.24. The smallest absolute Gasteiger partial charge is 0.296 e.